The molecule has 0 radical (unpaired) electrons. The van der Waals surface area contributed by atoms with Crippen LogP contribution in [0.15, 0.2) is 53.4 Å². The quantitative estimate of drug-likeness (QED) is 0.390. The molecular formula is C22H14BrN7OS. The third-order valence-corrected chi connectivity index (χ3v) is 7.20. The van der Waals surface area contributed by atoms with E-state index < -0.39 is 6.04 Å². The van der Waals surface area contributed by atoms with Crippen molar-refractivity contribution in [1.82, 2.24) is 29.5 Å². The van der Waals surface area contributed by atoms with Gasteiger partial charge in [-0.3, -0.25) is 4.79 Å². The zero-order valence-electron chi connectivity index (χ0n) is 16.5. The lowest BCUT2D eigenvalue weighted by atomic mass is 10.0. The highest BCUT2D eigenvalue weighted by Crippen LogP contribution is 2.38. The third kappa shape index (κ3) is 2.86. The average Bonchev–Trinajstić information content (AvgIpc) is 3.53. The number of carbonyl (C=O) groups is 1. The van der Waals surface area contributed by atoms with Crippen LogP contribution in [0.5, 0.6) is 0 Å². The first-order chi connectivity index (χ1) is 15.6. The Morgan fingerprint density at radius 3 is 3.00 bits per heavy atom. The number of nitrogens with one attached hydrogen (secondary N) is 1. The summed E-state index contributed by atoms with van der Waals surface area (Å²) >= 11 is 4.97. The van der Waals surface area contributed by atoms with Crippen molar-refractivity contribution < 1.29 is 4.79 Å². The van der Waals surface area contributed by atoms with E-state index in [1.807, 2.05) is 30.3 Å². The molecule has 1 aliphatic rings. The summed E-state index contributed by atoms with van der Waals surface area (Å²) in [6.45, 7) is 0.480. The number of pyridine rings is 1. The fourth-order valence-corrected chi connectivity index (χ4v) is 5.62. The van der Waals surface area contributed by atoms with Crippen LogP contribution in [0, 0.1) is 11.3 Å². The summed E-state index contributed by atoms with van der Waals surface area (Å²) in [5.41, 5.74) is 3.67. The molecule has 10 heteroatoms. The maximum atomic E-state index is 13.9. The standard InChI is InChI=1S/C22H14BrN7OS/c23-12-5-6-16-18(15(9-24)28-30(16)10-12)22(31)29-8-7-14-19(26-11-25-14)20(29)21-27-13-3-1-2-4-17(13)32-21/h1-6,10-11,20H,7-8H2,(H,25,26)/t20-/m0/s1. The first-order valence-electron chi connectivity index (χ1n) is 9.90. The maximum absolute atomic E-state index is 13.9. The van der Waals surface area contributed by atoms with E-state index in [2.05, 4.69) is 37.1 Å². The Kier molecular flexibility index (Phi) is 4.34. The zero-order chi connectivity index (χ0) is 21.8. The molecule has 1 N–H and O–H groups in total. The molecule has 8 nitrogen and oxygen atoms in total. The minimum atomic E-state index is -0.438. The average molecular weight is 504 g/mol. The van der Waals surface area contributed by atoms with Gasteiger partial charge >= 0.3 is 0 Å². The molecule has 0 bridgehead atoms. The van der Waals surface area contributed by atoms with Crippen molar-refractivity contribution in [2.24, 2.45) is 0 Å². The highest BCUT2D eigenvalue weighted by Gasteiger charge is 2.38. The van der Waals surface area contributed by atoms with Crippen molar-refractivity contribution in [2.45, 2.75) is 12.5 Å². The smallest absolute Gasteiger partial charge is 0.260 e. The topological polar surface area (TPSA) is 103 Å². The van der Waals surface area contributed by atoms with Gasteiger partial charge in [-0.25, -0.2) is 14.5 Å². The van der Waals surface area contributed by atoms with Crippen molar-refractivity contribution in [3.8, 4) is 6.07 Å². The van der Waals surface area contributed by atoms with E-state index in [9.17, 15) is 10.1 Å². The van der Waals surface area contributed by atoms with Crippen LogP contribution in [0.25, 0.3) is 15.7 Å². The molecule has 5 aromatic rings. The number of H-pyrrole nitrogens is 1. The van der Waals surface area contributed by atoms with Crippen LogP contribution < -0.4 is 0 Å². The molecule has 0 saturated heterocycles. The lowest BCUT2D eigenvalue weighted by Crippen LogP contribution is -2.41. The van der Waals surface area contributed by atoms with Gasteiger partial charge in [-0.15, -0.1) is 11.3 Å². The van der Waals surface area contributed by atoms with Crippen molar-refractivity contribution >= 4 is 48.9 Å². The van der Waals surface area contributed by atoms with Crippen molar-refractivity contribution in [1.29, 1.82) is 5.26 Å². The predicted octanol–water partition coefficient (Wildman–Crippen LogP) is 4.09. The van der Waals surface area contributed by atoms with Gasteiger partial charge in [0.15, 0.2) is 5.69 Å². The summed E-state index contributed by atoms with van der Waals surface area (Å²) in [6.07, 6.45) is 4.04. The van der Waals surface area contributed by atoms with Crippen molar-refractivity contribution in [3.63, 3.8) is 0 Å². The molecule has 6 rings (SSSR count). The number of aromatic nitrogens is 5. The van der Waals surface area contributed by atoms with Crippen LogP contribution in [-0.4, -0.2) is 41.9 Å². The number of fused-ring (bicyclic) bond motifs is 3. The molecule has 0 spiro atoms. The number of carbonyl (C=O) groups excluding carboxylic acids is 1. The van der Waals surface area contributed by atoms with E-state index in [0.29, 0.717) is 24.0 Å². The maximum Gasteiger partial charge on any atom is 0.260 e. The van der Waals surface area contributed by atoms with Gasteiger partial charge in [-0.05, 0) is 40.2 Å². The Morgan fingerprint density at radius 1 is 1.28 bits per heavy atom. The van der Waals surface area contributed by atoms with Gasteiger partial charge < -0.3 is 9.88 Å². The number of nitriles is 1. The summed E-state index contributed by atoms with van der Waals surface area (Å²) in [5.74, 6) is -0.253. The van der Waals surface area contributed by atoms with Crippen LogP contribution in [0.3, 0.4) is 0 Å². The predicted molar refractivity (Wildman–Crippen MR) is 122 cm³/mol. The molecule has 0 fully saturated rings. The third-order valence-electron chi connectivity index (χ3n) is 5.64. The molecule has 0 saturated carbocycles. The number of halogens is 1. The Morgan fingerprint density at radius 2 is 2.16 bits per heavy atom. The number of rotatable bonds is 2. The fraction of sp³-hybridized carbons (Fsp3) is 0.136. The van der Waals surface area contributed by atoms with Crippen LogP contribution >= 0.6 is 27.3 Å². The number of hydrogen-bond acceptors (Lipinski definition) is 6. The fourth-order valence-electron chi connectivity index (χ4n) is 4.21. The Balaban J connectivity index is 1.52. The summed E-state index contributed by atoms with van der Waals surface area (Å²) in [4.78, 5) is 28.2. The molecule has 1 aliphatic heterocycles. The van der Waals surface area contributed by atoms with E-state index >= 15 is 0 Å². The normalized spacial score (nSPS) is 15.8. The van der Waals surface area contributed by atoms with Crippen LogP contribution in [0.4, 0.5) is 0 Å². The van der Waals surface area contributed by atoms with Gasteiger partial charge in [-0.1, -0.05) is 12.1 Å². The van der Waals surface area contributed by atoms with E-state index in [1.54, 1.807) is 39.3 Å². The lowest BCUT2D eigenvalue weighted by Gasteiger charge is -2.33. The van der Waals surface area contributed by atoms with Gasteiger partial charge in [0, 0.05) is 29.3 Å². The number of para-hydroxylation sites is 1. The highest BCUT2D eigenvalue weighted by molar-refractivity contribution is 9.10. The molecule has 4 aromatic heterocycles. The van der Waals surface area contributed by atoms with E-state index in [-0.39, 0.29) is 11.6 Å². The molecular weight excluding hydrogens is 490 g/mol. The second-order valence-electron chi connectivity index (χ2n) is 7.45. The molecule has 1 aromatic carbocycles. The van der Waals surface area contributed by atoms with E-state index in [0.717, 1.165) is 31.1 Å². The van der Waals surface area contributed by atoms with E-state index in [4.69, 9.17) is 4.98 Å². The molecule has 32 heavy (non-hydrogen) atoms. The number of hydrogen-bond donors (Lipinski definition) is 1. The Labute approximate surface area is 194 Å². The number of nitrogens with zero attached hydrogens (tertiary/aromatic N) is 6. The van der Waals surface area contributed by atoms with Crippen LogP contribution in [-0.2, 0) is 6.42 Å². The van der Waals surface area contributed by atoms with Crippen molar-refractivity contribution in [2.75, 3.05) is 6.54 Å². The molecule has 5 heterocycles. The van der Waals surface area contributed by atoms with Crippen molar-refractivity contribution in [3.05, 3.63) is 81.0 Å². The van der Waals surface area contributed by atoms with Gasteiger partial charge in [0.2, 0.25) is 0 Å². The molecule has 1 atom stereocenters. The second kappa shape index (κ2) is 7.25. The monoisotopic (exact) mass is 503 g/mol. The minimum absolute atomic E-state index is 0.101. The molecule has 156 valence electrons. The summed E-state index contributed by atoms with van der Waals surface area (Å²) < 4.78 is 3.42. The SMILES string of the molecule is N#Cc1nn2cc(Br)ccc2c1C(=O)N1CCc2[nH]cnc2[C@H]1c1nc2ccccc2s1. The molecule has 0 aliphatic carbocycles. The zero-order valence-corrected chi connectivity index (χ0v) is 18.9. The van der Waals surface area contributed by atoms with E-state index in [1.165, 1.54) is 0 Å². The number of benzene rings is 1. The van der Waals surface area contributed by atoms with Gasteiger partial charge in [0.25, 0.3) is 5.91 Å². The first kappa shape index (κ1) is 19.2. The Bertz CT molecular complexity index is 1530. The number of amides is 1. The first-order valence-corrected chi connectivity index (χ1v) is 11.5. The number of aromatic amines is 1. The summed E-state index contributed by atoms with van der Waals surface area (Å²) in [5, 5.41) is 14.8. The highest BCUT2D eigenvalue weighted by atomic mass is 79.9. The molecule has 0 unspecified atom stereocenters. The molecule has 1 amide bonds. The lowest BCUT2D eigenvalue weighted by molar-refractivity contribution is 0.0692. The number of thiazole rings is 1. The van der Waals surface area contributed by atoms with Gasteiger partial charge in [0.05, 0.1) is 27.8 Å². The number of imidazole rings is 1. The van der Waals surface area contributed by atoms with Crippen LogP contribution in [0.2, 0.25) is 0 Å². The summed E-state index contributed by atoms with van der Waals surface area (Å²) in [6, 6.07) is 13.2. The van der Waals surface area contributed by atoms with Gasteiger partial charge in [-0.2, -0.15) is 10.4 Å². The summed E-state index contributed by atoms with van der Waals surface area (Å²) in [7, 11) is 0. The van der Waals surface area contributed by atoms with Crippen LogP contribution in [0.1, 0.15) is 38.5 Å². The second-order valence-corrected chi connectivity index (χ2v) is 9.43. The largest absolute Gasteiger partial charge is 0.348 e. The Hall–Kier alpha value is -3.55. The van der Waals surface area contributed by atoms with Gasteiger partial charge in [0.1, 0.15) is 22.7 Å². The minimum Gasteiger partial charge on any atom is -0.348 e.